The number of nitrogens with one attached hydrogen (secondary N) is 4. The normalized spacial score (nSPS) is 15.8. The van der Waals surface area contributed by atoms with E-state index >= 15 is 0 Å². The van der Waals surface area contributed by atoms with Crippen LogP contribution in [0.15, 0.2) is 66.2 Å². The molecule has 1 aliphatic rings. The van der Waals surface area contributed by atoms with Crippen LogP contribution in [0.4, 0.5) is 11.4 Å². The largest absolute Gasteiger partial charge is 0.347 e. The number of aromatic nitrogens is 2. The van der Waals surface area contributed by atoms with Gasteiger partial charge in [-0.15, -0.1) is 0 Å². The first-order valence-electron chi connectivity index (χ1n) is 11.7. The summed E-state index contributed by atoms with van der Waals surface area (Å²) < 4.78 is 27.8. The van der Waals surface area contributed by atoms with Gasteiger partial charge >= 0.3 is 0 Å². The highest BCUT2D eigenvalue weighted by atomic mass is 35.5. The predicted octanol–water partition coefficient (Wildman–Crippen LogP) is 3.68. The number of aromatic amines is 1. The van der Waals surface area contributed by atoms with E-state index in [1.165, 1.54) is 46.9 Å². The van der Waals surface area contributed by atoms with Crippen LogP contribution in [0.1, 0.15) is 33.7 Å². The van der Waals surface area contributed by atoms with Gasteiger partial charge in [0.1, 0.15) is 5.69 Å². The Kier molecular flexibility index (Phi) is 8.70. The summed E-state index contributed by atoms with van der Waals surface area (Å²) in [5, 5.41) is 14.7. The third kappa shape index (κ3) is 6.48. The van der Waals surface area contributed by atoms with E-state index in [1.54, 1.807) is 6.07 Å². The number of anilines is 2. The van der Waals surface area contributed by atoms with Crippen molar-refractivity contribution in [3.8, 4) is 0 Å². The van der Waals surface area contributed by atoms with Gasteiger partial charge in [-0.1, -0.05) is 35.8 Å². The molecule has 4 rings (SSSR count). The Morgan fingerprint density at radius 2 is 1.74 bits per heavy atom. The van der Waals surface area contributed by atoms with E-state index in [0.29, 0.717) is 18.5 Å². The van der Waals surface area contributed by atoms with Crippen LogP contribution in [0.3, 0.4) is 0 Å². The molecule has 0 aliphatic carbocycles. The molecule has 1 unspecified atom stereocenters. The lowest BCUT2D eigenvalue weighted by atomic mass is 10.1. The highest BCUT2D eigenvalue weighted by Gasteiger charge is 2.32. The highest BCUT2D eigenvalue weighted by molar-refractivity contribution is 7.89. The second-order valence-electron chi connectivity index (χ2n) is 8.60. The van der Waals surface area contributed by atoms with Gasteiger partial charge in [0.2, 0.25) is 15.9 Å². The maximum Gasteiger partial charge on any atom is 0.271 e. The molecule has 0 radical (unpaired) electrons. The van der Waals surface area contributed by atoms with Crippen LogP contribution in [0.2, 0.25) is 10.0 Å². The zero-order valence-electron chi connectivity index (χ0n) is 20.4. The molecule has 39 heavy (non-hydrogen) atoms. The summed E-state index contributed by atoms with van der Waals surface area (Å²) in [7, 11) is -3.85. The summed E-state index contributed by atoms with van der Waals surface area (Å²) in [5.41, 5.74) is 0.584. The summed E-state index contributed by atoms with van der Waals surface area (Å²) in [6.45, 7) is 3.71. The second-order valence-corrected chi connectivity index (χ2v) is 11.4. The number of amides is 3. The van der Waals surface area contributed by atoms with Gasteiger partial charge in [-0.2, -0.15) is 9.40 Å². The van der Waals surface area contributed by atoms with Crippen molar-refractivity contribution in [2.45, 2.75) is 23.8 Å². The molecule has 0 saturated carbocycles. The van der Waals surface area contributed by atoms with Crippen LogP contribution >= 0.6 is 23.2 Å². The minimum Gasteiger partial charge on any atom is -0.347 e. The van der Waals surface area contributed by atoms with E-state index in [-0.39, 0.29) is 45.0 Å². The number of sulfonamides is 1. The lowest BCUT2D eigenvalue weighted by Gasteiger charge is -2.32. The fourth-order valence-electron chi connectivity index (χ4n) is 4.04. The summed E-state index contributed by atoms with van der Waals surface area (Å²) in [4.78, 5) is 37.3. The third-order valence-corrected chi connectivity index (χ3v) is 8.48. The van der Waals surface area contributed by atoms with E-state index in [4.69, 9.17) is 23.2 Å². The minimum absolute atomic E-state index is 0.0105. The quantitative estimate of drug-likeness (QED) is 0.293. The fourth-order valence-corrected chi connectivity index (χ4v) is 6.14. The Morgan fingerprint density at radius 3 is 2.41 bits per heavy atom. The van der Waals surface area contributed by atoms with Gasteiger partial charge in [0.15, 0.2) is 0 Å². The molecular formula is C25H24Cl2N6O5S. The highest BCUT2D eigenvalue weighted by Crippen LogP contribution is 2.26. The Bertz CT molecular complexity index is 1500. The van der Waals surface area contributed by atoms with Gasteiger partial charge in [0.05, 0.1) is 32.4 Å². The average Bonchev–Trinajstić information content (AvgIpc) is 3.37. The number of hydrogen-bond acceptors (Lipinski definition) is 6. The average molecular weight is 591 g/mol. The van der Waals surface area contributed by atoms with Crippen molar-refractivity contribution in [2.75, 3.05) is 23.7 Å². The smallest absolute Gasteiger partial charge is 0.271 e. The van der Waals surface area contributed by atoms with Crippen LogP contribution in [-0.2, 0) is 14.8 Å². The molecule has 2 aromatic carbocycles. The van der Waals surface area contributed by atoms with Gasteiger partial charge in [-0.3, -0.25) is 19.5 Å². The molecule has 14 heteroatoms. The van der Waals surface area contributed by atoms with Crippen LogP contribution in [-0.4, -0.2) is 59.8 Å². The number of nitrogens with zero attached hydrogens (tertiary/aromatic N) is 2. The topological polar surface area (TPSA) is 153 Å². The Hall–Kier alpha value is -3.71. The molecule has 1 saturated heterocycles. The maximum atomic E-state index is 13.2. The van der Waals surface area contributed by atoms with Crippen LogP contribution in [0.25, 0.3) is 0 Å². The lowest BCUT2D eigenvalue weighted by Crippen LogP contribution is -2.49. The molecule has 2 heterocycles. The number of H-pyrrole nitrogens is 1. The van der Waals surface area contributed by atoms with E-state index < -0.39 is 33.8 Å². The minimum atomic E-state index is -3.85. The zero-order valence-corrected chi connectivity index (χ0v) is 22.7. The van der Waals surface area contributed by atoms with Crippen molar-refractivity contribution in [3.63, 3.8) is 0 Å². The Morgan fingerprint density at radius 1 is 1.05 bits per heavy atom. The molecule has 11 nitrogen and oxygen atoms in total. The van der Waals surface area contributed by atoms with Crippen LogP contribution < -0.4 is 16.0 Å². The van der Waals surface area contributed by atoms with Crippen LogP contribution in [0.5, 0.6) is 0 Å². The monoisotopic (exact) mass is 590 g/mol. The predicted molar refractivity (Wildman–Crippen MR) is 148 cm³/mol. The molecule has 0 spiro atoms. The number of carbonyl (C=O) groups excluding carboxylic acids is 3. The standard InChI is InChI=1S/C25H24Cl2N6O5S/c1-2-21(34)29-15-8-10-17(11-9-15)39(37,38)33-12-4-5-16(14-33)30-25(36)23-20(13-28-32-23)31-24(35)22-18(26)6-3-7-19(22)27/h2-3,6-11,13,16H,1,4-5,12,14H2,(H,28,32)(H,29,34)(H,30,36)(H,31,35). The third-order valence-electron chi connectivity index (χ3n) is 5.97. The van der Waals surface area contributed by atoms with Gasteiger partial charge < -0.3 is 16.0 Å². The molecule has 0 bridgehead atoms. The number of benzene rings is 2. The number of hydrogen-bond donors (Lipinski definition) is 4. The van der Waals surface area contributed by atoms with Crippen molar-refractivity contribution in [3.05, 3.63) is 82.6 Å². The molecule has 3 amide bonds. The van der Waals surface area contributed by atoms with Gasteiger partial charge in [0, 0.05) is 24.8 Å². The molecule has 1 aliphatic heterocycles. The molecule has 4 N–H and O–H groups in total. The molecule has 1 fully saturated rings. The van der Waals surface area contributed by atoms with Gasteiger partial charge in [-0.05, 0) is 55.3 Å². The molecule has 1 atom stereocenters. The Labute approximate surface area is 234 Å². The summed E-state index contributed by atoms with van der Waals surface area (Å²) in [6, 6.07) is 9.93. The van der Waals surface area contributed by atoms with Crippen molar-refractivity contribution in [2.24, 2.45) is 0 Å². The van der Waals surface area contributed by atoms with Crippen molar-refractivity contribution in [1.29, 1.82) is 0 Å². The number of rotatable bonds is 8. The summed E-state index contributed by atoms with van der Waals surface area (Å²) in [6.07, 6.45) is 3.46. The van der Waals surface area contributed by atoms with Crippen molar-refractivity contribution < 1.29 is 22.8 Å². The molecule has 3 aromatic rings. The van der Waals surface area contributed by atoms with Gasteiger partial charge in [0.25, 0.3) is 11.8 Å². The molecule has 204 valence electrons. The number of halogens is 2. The number of carbonyl (C=O) groups is 3. The first-order valence-corrected chi connectivity index (χ1v) is 13.9. The first kappa shape index (κ1) is 28.3. The molecule has 1 aromatic heterocycles. The lowest BCUT2D eigenvalue weighted by molar-refractivity contribution is -0.111. The number of piperidine rings is 1. The summed E-state index contributed by atoms with van der Waals surface area (Å²) >= 11 is 12.2. The Balaban J connectivity index is 1.42. The second kappa shape index (κ2) is 12.0. The van der Waals surface area contributed by atoms with Crippen LogP contribution in [0, 0.1) is 0 Å². The van der Waals surface area contributed by atoms with E-state index in [2.05, 4.69) is 32.7 Å². The van der Waals surface area contributed by atoms with E-state index in [9.17, 15) is 22.8 Å². The SMILES string of the molecule is C=CC(=O)Nc1ccc(S(=O)(=O)N2CCCC(NC(=O)c3[nH]ncc3NC(=O)c3c(Cl)cccc3Cl)C2)cc1. The van der Waals surface area contributed by atoms with Crippen molar-refractivity contribution >= 4 is 62.3 Å². The first-order chi connectivity index (χ1) is 18.6. The van der Waals surface area contributed by atoms with E-state index in [0.717, 1.165) is 6.08 Å². The zero-order chi connectivity index (χ0) is 28.2. The maximum absolute atomic E-state index is 13.2. The van der Waals surface area contributed by atoms with Gasteiger partial charge in [-0.25, -0.2) is 8.42 Å². The van der Waals surface area contributed by atoms with Crippen molar-refractivity contribution in [1.82, 2.24) is 19.8 Å². The van der Waals surface area contributed by atoms with E-state index in [1.807, 2.05) is 0 Å². The molecular weight excluding hydrogens is 567 g/mol. The summed E-state index contributed by atoms with van der Waals surface area (Å²) in [5.74, 6) is -1.60. The fraction of sp³-hybridized carbons (Fsp3) is 0.200.